The molecule has 2 heterocycles. The molecular weight excluding hydrogens is 291 g/mol. The van der Waals surface area contributed by atoms with E-state index in [1.165, 1.54) is 6.07 Å². The van der Waals surface area contributed by atoms with Crippen molar-refractivity contribution in [3.63, 3.8) is 0 Å². The number of hydrogen-bond donors (Lipinski definition) is 0. The summed E-state index contributed by atoms with van der Waals surface area (Å²) in [7, 11) is 0. The van der Waals surface area contributed by atoms with Gasteiger partial charge in [0.25, 0.3) is 0 Å². The van der Waals surface area contributed by atoms with Crippen LogP contribution in [-0.4, -0.2) is 18.8 Å². The lowest BCUT2D eigenvalue weighted by molar-refractivity contribution is -0.266. The average molecular weight is 308 g/mol. The van der Waals surface area contributed by atoms with Crippen molar-refractivity contribution in [1.82, 2.24) is 0 Å². The molecule has 1 aliphatic heterocycles. The van der Waals surface area contributed by atoms with Crippen LogP contribution in [0.2, 0.25) is 0 Å². The van der Waals surface area contributed by atoms with Gasteiger partial charge in [0.1, 0.15) is 11.4 Å². The molecule has 0 amide bonds. The number of ether oxygens (including phenoxy) is 3. The van der Waals surface area contributed by atoms with E-state index in [9.17, 15) is 4.39 Å². The summed E-state index contributed by atoms with van der Waals surface area (Å²) in [6.45, 7) is 2.96. The van der Waals surface area contributed by atoms with Crippen molar-refractivity contribution in [3.8, 4) is 0 Å². The summed E-state index contributed by atoms with van der Waals surface area (Å²) in [5.41, 5.74) is -0.0186. The summed E-state index contributed by atoms with van der Waals surface area (Å²) in [4.78, 5) is 1.05. The summed E-state index contributed by atoms with van der Waals surface area (Å²) in [5.74, 6) is -0.254. The zero-order chi connectivity index (χ0) is 14.7. The first-order valence-corrected chi connectivity index (χ1v) is 7.68. The van der Waals surface area contributed by atoms with Crippen LogP contribution in [0.4, 0.5) is 4.39 Å². The largest absolute Gasteiger partial charge is 0.366 e. The Hall–Kier alpha value is -1.27. The van der Waals surface area contributed by atoms with E-state index in [0.717, 1.165) is 4.88 Å². The van der Waals surface area contributed by atoms with E-state index in [-0.39, 0.29) is 18.7 Å². The predicted octanol–water partition coefficient (Wildman–Crippen LogP) is 3.91. The van der Waals surface area contributed by atoms with Gasteiger partial charge in [0.15, 0.2) is 6.29 Å². The Labute approximate surface area is 127 Å². The Kier molecular flexibility index (Phi) is 4.35. The van der Waals surface area contributed by atoms with Gasteiger partial charge < -0.3 is 14.2 Å². The molecular formula is C16H17FO3S. The lowest BCUT2D eigenvalue weighted by atomic mass is 10.1. The van der Waals surface area contributed by atoms with Crippen LogP contribution in [0.1, 0.15) is 23.7 Å². The Morgan fingerprint density at radius 3 is 2.67 bits per heavy atom. The Balaban J connectivity index is 1.56. The molecule has 1 saturated heterocycles. The van der Waals surface area contributed by atoms with Crippen molar-refractivity contribution < 1.29 is 18.6 Å². The monoisotopic (exact) mass is 308 g/mol. The SMILES string of the molecule is C[C@]1(OCc2ccccc2F)CO[C@H](c2cccs2)OC1. The standard InChI is InChI=1S/C16H17FO3S/c1-16(20-9-12-5-2-3-6-13(12)17)10-18-15(19-11-16)14-7-4-8-21-14/h2-8,15H,9-11H2,1H3/t15-,16-. The molecule has 1 aromatic heterocycles. The molecule has 0 aliphatic carbocycles. The fraction of sp³-hybridized carbons (Fsp3) is 0.375. The van der Waals surface area contributed by atoms with Crippen LogP contribution in [0, 0.1) is 5.82 Å². The van der Waals surface area contributed by atoms with Gasteiger partial charge >= 0.3 is 0 Å². The van der Waals surface area contributed by atoms with Crippen LogP contribution in [0.25, 0.3) is 0 Å². The number of hydrogen-bond acceptors (Lipinski definition) is 4. The Morgan fingerprint density at radius 1 is 1.24 bits per heavy atom. The third kappa shape index (κ3) is 3.49. The highest BCUT2D eigenvalue weighted by atomic mass is 32.1. The second kappa shape index (κ2) is 6.23. The highest BCUT2D eigenvalue weighted by Crippen LogP contribution is 2.31. The van der Waals surface area contributed by atoms with Gasteiger partial charge in [0.05, 0.1) is 24.7 Å². The van der Waals surface area contributed by atoms with Gasteiger partial charge in [0.2, 0.25) is 0 Å². The minimum Gasteiger partial charge on any atom is -0.366 e. The summed E-state index contributed by atoms with van der Waals surface area (Å²) in [6, 6.07) is 10.6. The lowest BCUT2D eigenvalue weighted by Gasteiger charge is -2.36. The minimum absolute atomic E-state index is 0.208. The third-order valence-electron chi connectivity index (χ3n) is 3.39. The van der Waals surface area contributed by atoms with Crippen molar-refractivity contribution in [2.45, 2.75) is 25.4 Å². The summed E-state index contributed by atoms with van der Waals surface area (Å²) < 4.78 is 30.8. The molecule has 112 valence electrons. The maximum atomic E-state index is 13.6. The molecule has 21 heavy (non-hydrogen) atoms. The zero-order valence-electron chi connectivity index (χ0n) is 11.8. The molecule has 0 saturated carbocycles. The predicted molar refractivity (Wildman–Crippen MR) is 78.6 cm³/mol. The van der Waals surface area contributed by atoms with Gasteiger partial charge in [-0.1, -0.05) is 24.3 Å². The first-order valence-electron chi connectivity index (χ1n) is 6.80. The van der Waals surface area contributed by atoms with Gasteiger partial charge in [-0.15, -0.1) is 11.3 Å². The third-order valence-corrected chi connectivity index (χ3v) is 4.28. The quantitative estimate of drug-likeness (QED) is 0.857. The molecule has 0 bridgehead atoms. The molecule has 3 nitrogen and oxygen atoms in total. The van der Waals surface area contributed by atoms with Crippen LogP contribution < -0.4 is 0 Å². The van der Waals surface area contributed by atoms with Crippen LogP contribution in [0.15, 0.2) is 41.8 Å². The normalized spacial score (nSPS) is 25.9. The molecule has 0 radical (unpaired) electrons. The zero-order valence-corrected chi connectivity index (χ0v) is 12.6. The van der Waals surface area contributed by atoms with E-state index < -0.39 is 5.60 Å². The molecule has 1 aromatic carbocycles. The van der Waals surface area contributed by atoms with Gasteiger partial charge in [0, 0.05) is 5.56 Å². The Morgan fingerprint density at radius 2 is 2.00 bits per heavy atom. The van der Waals surface area contributed by atoms with Crippen LogP contribution in [-0.2, 0) is 20.8 Å². The molecule has 0 spiro atoms. The number of halogens is 1. The average Bonchev–Trinajstić information content (AvgIpc) is 3.02. The van der Waals surface area contributed by atoms with Crippen LogP contribution in [0.3, 0.4) is 0 Å². The van der Waals surface area contributed by atoms with Gasteiger partial charge in [-0.2, -0.15) is 0 Å². The first kappa shape index (κ1) is 14.7. The Bertz CT molecular complexity index is 577. The number of thiophene rings is 1. The maximum Gasteiger partial charge on any atom is 0.193 e. The van der Waals surface area contributed by atoms with Crippen molar-refractivity contribution in [3.05, 3.63) is 58.0 Å². The van der Waals surface area contributed by atoms with E-state index in [4.69, 9.17) is 14.2 Å². The van der Waals surface area contributed by atoms with E-state index in [1.807, 2.05) is 24.4 Å². The fourth-order valence-corrected chi connectivity index (χ4v) is 2.85. The highest BCUT2D eigenvalue weighted by molar-refractivity contribution is 7.10. The van der Waals surface area contributed by atoms with Crippen molar-refractivity contribution in [2.24, 2.45) is 0 Å². The van der Waals surface area contributed by atoms with Gasteiger partial charge in [-0.3, -0.25) is 0 Å². The topological polar surface area (TPSA) is 27.7 Å². The van der Waals surface area contributed by atoms with Crippen molar-refractivity contribution >= 4 is 11.3 Å². The molecule has 5 heteroatoms. The maximum absolute atomic E-state index is 13.6. The lowest BCUT2D eigenvalue weighted by Crippen LogP contribution is -2.44. The summed E-state index contributed by atoms with van der Waals surface area (Å²) >= 11 is 1.60. The molecule has 0 atom stereocenters. The smallest absolute Gasteiger partial charge is 0.193 e. The van der Waals surface area contributed by atoms with Crippen molar-refractivity contribution in [1.29, 1.82) is 0 Å². The molecule has 0 N–H and O–H groups in total. The van der Waals surface area contributed by atoms with Crippen molar-refractivity contribution in [2.75, 3.05) is 13.2 Å². The summed E-state index contributed by atoms with van der Waals surface area (Å²) in [6.07, 6.45) is -0.324. The van der Waals surface area contributed by atoms with E-state index in [1.54, 1.807) is 29.5 Å². The number of rotatable bonds is 4. The molecule has 1 aliphatic rings. The minimum atomic E-state index is -0.559. The van der Waals surface area contributed by atoms with Crippen LogP contribution >= 0.6 is 11.3 Å². The summed E-state index contributed by atoms with van der Waals surface area (Å²) in [5, 5.41) is 1.99. The molecule has 1 fully saturated rings. The van der Waals surface area contributed by atoms with Gasteiger partial charge in [-0.25, -0.2) is 4.39 Å². The molecule has 2 aromatic rings. The second-order valence-electron chi connectivity index (χ2n) is 5.30. The molecule has 3 rings (SSSR count). The van der Waals surface area contributed by atoms with E-state index in [2.05, 4.69) is 0 Å². The highest BCUT2D eigenvalue weighted by Gasteiger charge is 2.34. The molecule has 0 unspecified atom stereocenters. The van der Waals surface area contributed by atoms with E-state index >= 15 is 0 Å². The number of benzene rings is 1. The van der Waals surface area contributed by atoms with Crippen LogP contribution in [0.5, 0.6) is 0 Å². The fourth-order valence-electron chi connectivity index (χ4n) is 2.13. The second-order valence-corrected chi connectivity index (χ2v) is 6.28. The van der Waals surface area contributed by atoms with E-state index in [0.29, 0.717) is 18.8 Å². The van der Waals surface area contributed by atoms with Gasteiger partial charge in [-0.05, 0) is 24.4 Å². The first-order chi connectivity index (χ1) is 10.2.